The van der Waals surface area contributed by atoms with E-state index in [-0.39, 0.29) is 23.6 Å². The van der Waals surface area contributed by atoms with E-state index in [1.165, 1.54) is 0 Å². The molecule has 0 unspecified atom stereocenters. The number of ether oxygens (including phenoxy) is 1. The number of primary amides is 1. The summed E-state index contributed by atoms with van der Waals surface area (Å²) in [5.41, 5.74) is 5.78. The molecular weight excluding hydrogens is 348 g/mol. The van der Waals surface area contributed by atoms with Gasteiger partial charge in [-0.3, -0.25) is 14.9 Å². The minimum Gasteiger partial charge on any atom is -0.457 e. The Hall–Kier alpha value is -3.94. The molecule has 3 aromatic rings. The van der Waals surface area contributed by atoms with Gasteiger partial charge in [0.25, 0.3) is 11.6 Å². The van der Waals surface area contributed by atoms with E-state index in [0.717, 1.165) is 17.8 Å². The lowest BCUT2D eigenvalue weighted by Gasteiger charge is -2.13. The Balaban J connectivity index is 1.81. The Morgan fingerprint density at radius 1 is 1.15 bits per heavy atom. The number of carbonyl (C=O) groups is 1. The first-order valence-electron chi connectivity index (χ1n) is 8.03. The molecule has 0 aliphatic rings. The van der Waals surface area contributed by atoms with Gasteiger partial charge in [-0.15, -0.1) is 0 Å². The molecule has 1 heterocycles. The smallest absolute Gasteiger partial charge is 0.288 e. The van der Waals surface area contributed by atoms with Gasteiger partial charge in [0, 0.05) is 18.2 Å². The summed E-state index contributed by atoms with van der Waals surface area (Å²) in [5, 5.41) is 13.8. The molecule has 8 nitrogen and oxygen atoms in total. The average Bonchev–Trinajstić information content (AvgIpc) is 2.68. The second-order valence-electron chi connectivity index (χ2n) is 5.59. The molecule has 0 bridgehead atoms. The quantitative estimate of drug-likeness (QED) is 0.489. The van der Waals surface area contributed by atoms with Gasteiger partial charge in [0.15, 0.2) is 0 Å². The summed E-state index contributed by atoms with van der Waals surface area (Å²) in [6.45, 7) is 0.286. The number of pyridine rings is 1. The van der Waals surface area contributed by atoms with Gasteiger partial charge < -0.3 is 15.8 Å². The first kappa shape index (κ1) is 17.9. The van der Waals surface area contributed by atoms with Crippen LogP contribution in [0.2, 0.25) is 0 Å². The van der Waals surface area contributed by atoms with E-state index in [9.17, 15) is 14.9 Å². The second kappa shape index (κ2) is 7.96. The number of nitrogens with zero attached hydrogens (tertiary/aromatic N) is 2. The molecule has 3 N–H and O–H groups in total. The van der Waals surface area contributed by atoms with E-state index in [1.807, 2.05) is 54.6 Å². The fraction of sp³-hybridized carbons (Fsp3) is 0.0526. The van der Waals surface area contributed by atoms with E-state index >= 15 is 0 Å². The molecule has 136 valence electrons. The Morgan fingerprint density at radius 2 is 1.85 bits per heavy atom. The highest BCUT2D eigenvalue weighted by molar-refractivity contribution is 5.98. The van der Waals surface area contributed by atoms with Crippen molar-refractivity contribution in [3.63, 3.8) is 0 Å². The van der Waals surface area contributed by atoms with Gasteiger partial charge in [0.2, 0.25) is 0 Å². The summed E-state index contributed by atoms with van der Waals surface area (Å²) in [6.07, 6.45) is 1.07. The normalized spacial score (nSPS) is 10.2. The van der Waals surface area contributed by atoms with Gasteiger partial charge in [0.1, 0.15) is 23.5 Å². The number of para-hydroxylation sites is 2. The molecule has 0 saturated heterocycles. The van der Waals surface area contributed by atoms with Crippen molar-refractivity contribution in [2.24, 2.45) is 5.73 Å². The second-order valence-corrected chi connectivity index (χ2v) is 5.59. The lowest BCUT2D eigenvalue weighted by Crippen LogP contribution is -2.16. The maximum atomic E-state index is 11.6. The maximum Gasteiger partial charge on any atom is 0.288 e. The van der Waals surface area contributed by atoms with Crippen LogP contribution in [0, 0.1) is 10.1 Å². The van der Waals surface area contributed by atoms with E-state index < -0.39 is 10.8 Å². The zero-order chi connectivity index (χ0) is 19.2. The van der Waals surface area contributed by atoms with E-state index in [2.05, 4.69) is 10.3 Å². The number of hydrogen-bond donors (Lipinski definition) is 2. The molecule has 27 heavy (non-hydrogen) atoms. The fourth-order valence-electron chi connectivity index (χ4n) is 2.43. The van der Waals surface area contributed by atoms with Crippen molar-refractivity contribution in [3.05, 3.63) is 88.1 Å². The number of carbonyl (C=O) groups excluding carboxylic acids is 1. The predicted molar refractivity (Wildman–Crippen MR) is 99.7 cm³/mol. The molecule has 3 rings (SSSR count). The third-order valence-electron chi connectivity index (χ3n) is 3.74. The Labute approximate surface area is 154 Å². The SMILES string of the molecule is NC(=O)c1cc([N+](=O)[O-])cnc1NCc1ccccc1Oc1ccccc1. The summed E-state index contributed by atoms with van der Waals surface area (Å²) >= 11 is 0. The number of nitro groups is 1. The van der Waals surface area contributed by atoms with Gasteiger partial charge in [-0.2, -0.15) is 0 Å². The lowest BCUT2D eigenvalue weighted by atomic mass is 10.2. The number of nitrogens with one attached hydrogen (secondary N) is 1. The standard InChI is InChI=1S/C19H16N4O4/c20-18(24)16-10-14(23(25)26)12-22-19(16)21-11-13-6-4-5-9-17(13)27-15-7-2-1-3-8-15/h1-10,12H,11H2,(H2,20,24)(H,21,22). The van der Waals surface area contributed by atoms with Crippen molar-refractivity contribution < 1.29 is 14.5 Å². The summed E-state index contributed by atoms with van der Waals surface area (Å²) < 4.78 is 5.88. The Bertz CT molecular complexity index is 976. The minimum absolute atomic E-state index is 0.0503. The largest absolute Gasteiger partial charge is 0.457 e. The molecule has 0 fully saturated rings. The van der Waals surface area contributed by atoms with Crippen molar-refractivity contribution in [3.8, 4) is 11.5 Å². The number of nitrogens with two attached hydrogens (primary N) is 1. The van der Waals surface area contributed by atoms with Gasteiger partial charge in [-0.1, -0.05) is 36.4 Å². The molecule has 2 aromatic carbocycles. The number of benzene rings is 2. The molecule has 1 amide bonds. The van der Waals surface area contributed by atoms with Crippen molar-refractivity contribution in [1.82, 2.24) is 4.98 Å². The number of amides is 1. The van der Waals surface area contributed by atoms with Crippen LogP contribution < -0.4 is 15.8 Å². The first-order chi connectivity index (χ1) is 13.0. The molecular formula is C19H16N4O4. The molecule has 0 aliphatic heterocycles. The third-order valence-corrected chi connectivity index (χ3v) is 3.74. The lowest BCUT2D eigenvalue weighted by molar-refractivity contribution is -0.385. The summed E-state index contributed by atoms with van der Waals surface area (Å²) in [7, 11) is 0. The van der Waals surface area contributed by atoms with E-state index in [1.54, 1.807) is 0 Å². The predicted octanol–water partition coefficient (Wildman–Crippen LogP) is 3.49. The van der Waals surface area contributed by atoms with E-state index in [4.69, 9.17) is 10.5 Å². The van der Waals surface area contributed by atoms with Crippen LogP contribution in [0.15, 0.2) is 66.9 Å². The van der Waals surface area contributed by atoms with Crippen LogP contribution in [-0.2, 0) is 6.54 Å². The summed E-state index contributed by atoms with van der Waals surface area (Å²) in [4.78, 5) is 25.8. The van der Waals surface area contributed by atoms with Crippen LogP contribution >= 0.6 is 0 Å². The molecule has 0 saturated carbocycles. The van der Waals surface area contributed by atoms with Crippen molar-refractivity contribution in [1.29, 1.82) is 0 Å². The van der Waals surface area contributed by atoms with Crippen molar-refractivity contribution in [2.75, 3.05) is 5.32 Å². The Morgan fingerprint density at radius 3 is 2.56 bits per heavy atom. The third kappa shape index (κ3) is 4.37. The van der Waals surface area contributed by atoms with Crippen LogP contribution in [0.25, 0.3) is 0 Å². The monoisotopic (exact) mass is 364 g/mol. The number of anilines is 1. The number of hydrogen-bond acceptors (Lipinski definition) is 6. The van der Waals surface area contributed by atoms with Crippen LogP contribution in [0.5, 0.6) is 11.5 Å². The zero-order valence-electron chi connectivity index (χ0n) is 14.2. The fourth-order valence-corrected chi connectivity index (χ4v) is 2.43. The van der Waals surface area contributed by atoms with Gasteiger partial charge in [0.05, 0.1) is 10.5 Å². The van der Waals surface area contributed by atoms with Crippen molar-refractivity contribution in [2.45, 2.75) is 6.54 Å². The average molecular weight is 364 g/mol. The van der Waals surface area contributed by atoms with Crippen LogP contribution in [0.3, 0.4) is 0 Å². The minimum atomic E-state index is -0.803. The van der Waals surface area contributed by atoms with Crippen molar-refractivity contribution >= 4 is 17.4 Å². The molecule has 0 radical (unpaired) electrons. The van der Waals surface area contributed by atoms with E-state index in [0.29, 0.717) is 11.5 Å². The maximum absolute atomic E-state index is 11.6. The molecule has 0 spiro atoms. The highest BCUT2D eigenvalue weighted by Gasteiger charge is 2.16. The first-order valence-corrected chi connectivity index (χ1v) is 8.03. The van der Waals surface area contributed by atoms with Gasteiger partial charge in [-0.25, -0.2) is 4.98 Å². The zero-order valence-corrected chi connectivity index (χ0v) is 14.2. The van der Waals surface area contributed by atoms with Crippen LogP contribution in [0.4, 0.5) is 11.5 Å². The molecule has 0 aliphatic carbocycles. The summed E-state index contributed by atoms with van der Waals surface area (Å²) in [6, 6.07) is 17.8. The topological polar surface area (TPSA) is 120 Å². The highest BCUT2D eigenvalue weighted by atomic mass is 16.6. The van der Waals surface area contributed by atoms with Crippen LogP contribution in [-0.4, -0.2) is 15.8 Å². The number of aromatic nitrogens is 1. The molecule has 8 heteroatoms. The molecule has 0 atom stereocenters. The van der Waals surface area contributed by atoms with Crippen LogP contribution in [0.1, 0.15) is 15.9 Å². The number of rotatable bonds is 7. The highest BCUT2D eigenvalue weighted by Crippen LogP contribution is 2.26. The summed E-state index contributed by atoms with van der Waals surface area (Å²) in [5.74, 6) is 0.695. The Kier molecular flexibility index (Phi) is 5.27. The van der Waals surface area contributed by atoms with Gasteiger partial charge >= 0.3 is 0 Å². The van der Waals surface area contributed by atoms with Gasteiger partial charge in [-0.05, 0) is 18.2 Å². The molecule has 1 aromatic heterocycles.